The molecule has 0 aliphatic rings. The number of aromatic nitrogens is 1. The van der Waals surface area contributed by atoms with Crippen LogP contribution >= 0.6 is 0 Å². The Morgan fingerprint density at radius 2 is 2.24 bits per heavy atom. The van der Waals surface area contributed by atoms with Crippen LogP contribution in [-0.2, 0) is 0 Å². The minimum absolute atomic E-state index is 0.122. The second-order valence-corrected chi connectivity index (χ2v) is 4.62. The van der Waals surface area contributed by atoms with Gasteiger partial charge in [-0.2, -0.15) is 0 Å². The van der Waals surface area contributed by atoms with Gasteiger partial charge < -0.3 is 19.5 Å². The number of hydrogen-bond acceptors (Lipinski definition) is 5. The van der Waals surface area contributed by atoms with E-state index in [1.54, 1.807) is 0 Å². The third kappa shape index (κ3) is 3.45. The molecule has 0 spiro atoms. The molecule has 0 bridgehead atoms. The lowest BCUT2D eigenvalue weighted by Gasteiger charge is -2.32. The molecule has 0 saturated heterocycles. The van der Waals surface area contributed by atoms with E-state index in [0.717, 1.165) is 0 Å². The highest BCUT2D eigenvalue weighted by molar-refractivity contribution is 5.92. The predicted molar refractivity (Wildman–Crippen MR) is 63.2 cm³/mol. The molecule has 1 N–H and O–H groups in total. The molecule has 1 aromatic heterocycles. The lowest BCUT2D eigenvalue weighted by atomic mass is 10.0. The molecular formula is C11H19N3O3. The van der Waals surface area contributed by atoms with Gasteiger partial charge in [-0.05, 0) is 27.9 Å². The van der Waals surface area contributed by atoms with E-state index in [-0.39, 0.29) is 23.1 Å². The zero-order valence-corrected chi connectivity index (χ0v) is 10.9. The van der Waals surface area contributed by atoms with Crippen molar-refractivity contribution in [3.05, 3.63) is 11.8 Å². The van der Waals surface area contributed by atoms with E-state index in [1.807, 2.05) is 32.8 Å². The van der Waals surface area contributed by atoms with E-state index in [1.165, 1.54) is 13.2 Å². The van der Waals surface area contributed by atoms with Crippen LogP contribution < -0.4 is 10.1 Å². The standard InChI is InChI=1S/C11H19N3O3/c1-11(2,14(3)4)7-12-10(15)8-6-9(16-5)17-13-8/h6H,7H2,1-5H3,(H,12,15). The Bertz CT molecular complexity index is 385. The highest BCUT2D eigenvalue weighted by Crippen LogP contribution is 2.12. The molecule has 0 unspecified atom stereocenters. The maximum absolute atomic E-state index is 11.7. The largest absolute Gasteiger partial charge is 0.467 e. The van der Waals surface area contributed by atoms with Crippen molar-refractivity contribution in [2.24, 2.45) is 0 Å². The summed E-state index contributed by atoms with van der Waals surface area (Å²) in [4.78, 5) is 13.8. The summed E-state index contributed by atoms with van der Waals surface area (Å²) < 4.78 is 9.58. The maximum Gasteiger partial charge on any atom is 0.311 e. The smallest absolute Gasteiger partial charge is 0.311 e. The van der Waals surface area contributed by atoms with Crippen LogP contribution in [0.2, 0.25) is 0 Å². The van der Waals surface area contributed by atoms with Gasteiger partial charge in [-0.1, -0.05) is 5.16 Å². The fraction of sp³-hybridized carbons (Fsp3) is 0.636. The zero-order valence-electron chi connectivity index (χ0n) is 10.9. The lowest BCUT2D eigenvalue weighted by molar-refractivity contribution is 0.0910. The molecule has 1 heterocycles. The molecule has 0 aliphatic carbocycles. The van der Waals surface area contributed by atoms with E-state index in [2.05, 4.69) is 10.5 Å². The quantitative estimate of drug-likeness (QED) is 0.824. The van der Waals surface area contributed by atoms with E-state index in [9.17, 15) is 4.79 Å². The van der Waals surface area contributed by atoms with Crippen molar-refractivity contribution in [1.29, 1.82) is 0 Å². The summed E-state index contributed by atoms with van der Waals surface area (Å²) in [6, 6.07) is 1.46. The maximum atomic E-state index is 11.7. The molecule has 1 aromatic rings. The molecule has 6 nitrogen and oxygen atoms in total. The molecule has 0 radical (unpaired) electrons. The van der Waals surface area contributed by atoms with Gasteiger partial charge in [-0.25, -0.2) is 0 Å². The van der Waals surface area contributed by atoms with Gasteiger partial charge in [0, 0.05) is 12.1 Å². The van der Waals surface area contributed by atoms with Gasteiger partial charge in [0.2, 0.25) is 0 Å². The highest BCUT2D eigenvalue weighted by atomic mass is 16.6. The summed E-state index contributed by atoms with van der Waals surface area (Å²) >= 11 is 0. The molecule has 0 fully saturated rings. The van der Waals surface area contributed by atoms with Gasteiger partial charge in [0.15, 0.2) is 5.69 Å². The molecule has 17 heavy (non-hydrogen) atoms. The monoisotopic (exact) mass is 241 g/mol. The average molecular weight is 241 g/mol. The van der Waals surface area contributed by atoms with Gasteiger partial charge in [-0.3, -0.25) is 4.79 Å². The first-order valence-electron chi connectivity index (χ1n) is 5.33. The van der Waals surface area contributed by atoms with Crippen molar-refractivity contribution >= 4 is 5.91 Å². The number of amides is 1. The number of nitrogens with one attached hydrogen (secondary N) is 1. The van der Waals surface area contributed by atoms with Crippen molar-refractivity contribution in [2.75, 3.05) is 27.7 Å². The van der Waals surface area contributed by atoms with Crippen LogP contribution in [0.4, 0.5) is 0 Å². The van der Waals surface area contributed by atoms with Crippen LogP contribution in [0.25, 0.3) is 0 Å². The van der Waals surface area contributed by atoms with Crippen LogP contribution in [0, 0.1) is 0 Å². The molecule has 1 amide bonds. The Kier molecular flexibility index (Phi) is 4.11. The number of methoxy groups -OCH3 is 1. The summed E-state index contributed by atoms with van der Waals surface area (Å²) in [6.45, 7) is 4.60. The number of ether oxygens (including phenoxy) is 1. The normalized spacial score (nSPS) is 11.6. The number of nitrogens with zero attached hydrogens (tertiary/aromatic N) is 2. The number of likely N-dealkylation sites (N-methyl/N-ethyl adjacent to an activating group) is 1. The minimum atomic E-state index is -0.271. The summed E-state index contributed by atoms with van der Waals surface area (Å²) in [5.74, 6) is -0.0472. The van der Waals surface area contributed by atoms with Crippen molar-refractivity contribution < 1.29 is 14.1 Å². The van der Waals surface area contributed by atoms with Crippen LogP contribution in [0.15, 0.2) is 10.6 Å². The summed E-state index contributed by atoms with van der Waals surface area (Å²) in [6.07, 6.45) is 0. The SMILES string of the molecule is COc1cc(C(=O)NCC(C)(C)N(C)C)no1. The molecule has 0 aromatic carbocycles. The van der Waals surface area contributed by atoms with Crippen LogP contribution in [0.3, 0.4) is 0 Å². The first kappa shape index (κ1) is 13.5. The second-order valence-electron chi connectivity index (χ2n) is 4.62. The van der Waals surface area contributed by atoms with E-state index in [4.69, 9.17) is 9.26 Å². The minimum Gasteiger partial charge on any atom is -0.467 e. The van der Waals surface area contributed by atoms with Crippen molar-refractivity contribution in [3.63, 3.8) is 0 Å². The average Bonchev–Trinajstić information content (AvgIpc) is 2.74. The Morgan fingerprint density at radius 1 is 1.59 bits per heavy atom. The van der Waals surface area contributed by atoms with Crippen molar-refractivity contribution in [3.8, 4) is 5.95 Å². The van der Waals surface area contributed by atoms with E-state index < -0.39 is 0 Å². The van der Waals surface area contributed by atoms with E-state index in [0.29, 0.717) is 6.54 Å². The highest BCUT2D eigenvalue weighted by Gasteiger charge is 2.22. The third-order valence-electron chi connectivity index (χ3n) is 2.81. The fourth-order valence-corrected chi connectivity index (χ4v) is 1.01. The number of carbonyl (C=O) groups excluding carboxylic acids is 1. The molecule has 96 valence electrons. The Balaban J connectivity index is 2.56. The summed E-state index contributed by atoms with van der Waals surface area (Å²) in [5, 5.41) is 6.41. The van der Waals surface area contributed by atoms with Gasteiger partial charge in [-0.15, -0.1) is 0 Å². The molecule has 1 rings (SSSR count). The molecule has 0 atom stereocenters. The summed E-state index contributed by atoms with van der Waals surface area (Å²) in [5.41, 5.74) is 0.0973. The lowest BCUT2D eigenvalue weighted by Crippen LogP contribution is -2.48. The van der Waals surface area contributed by atoms with Crippen molar-refractivity contribution in [2.45, 2.75) is 19.4 Å². The predicted octanol–water partition coefficient (Wildman–Crippen LogP) is 0.753. The zero-order chi connectivity index (χ0) is 13.1. The first-order valence-corrected chi connectivity index (χ1v) is 5.33. The Hall–Kier alpha value is -1.56. The number of carbonyl (C=O) groups is 1. The molecule has 0 saturated carbocycles. The third-order valence-corrected chi connectivity index (χ3v) is 2.81. The van der Waals surface area contributed by atoms with Crippen molar-refractivity contribution in [1.82, 2.24) is 15.4 Å². The topological polar surface area (TPSA) is 67.6 Å². The fourth-order valence-electron chi connectivity index (χ4n) is 1.01. The molecule has 6 heteroatoms. The Labute approximate surface area is 101 Å². The van der Waals surface area contributed by atoms with E-state index >= 15 is 0 Å². The van der Waals surface area contributed by atoms with Gasteiger partial charge in [0.1, 0.15) is 0 Å². The molecule has 0 aliphatic heterocycles. The summed E-state index contributed by atoms with van der Waals surface area (Å²) in [7, 11) is 5.38. The van der Waals surface area contributed by atoms with Gasteiger partial charge >= 0.3 is 5.95 Å². The van der Waals surface area contributed by atoms with Crippen LogP contribution in [0.5, 0.6) is 5.95 Å². The Morgan fingerprint density at radius 3 is 2.71 bits per heavy atom. The van der Waals surface area contributed by atoms with Crippen LogP contribution in [0.1, 0.15) is 24.3 Å². The number of hydrogen-bond donors (Lipinski definition) is 1. The van der Waals surface area contributed by atoms with Gasteiger partial charge in [0.25, 0.3) is 5.91 Å². The first-order chi connectivity index (χ1) is 7.86. The van der Waals surface area contributed by atoms with Crippen LogP contribution in [-0.4, -0.2) is 49.3 Å². The molecular weight excluding hydrogens is 222 g/mol. The second kappa shape index (κ2) is 5.18. The van der Waals surface area contributed by atoms with Gasteiger partial charge in [0.05, 0.1) is 13.2 Å². The number of rotatable bonds is 5.